The number of aromatic nitrogens is 2. The average Bonchev–Trinajstić information content (AvgIpc) is 3.05. The van der Waals surface area contributed by atoms with Crippen LogP contribution in [0.1, 0.15) is 44.5 Å². The van der Waals surface area contributed by atoms with Gasteiger partial charge in [0, 0.05) is 31.9 Å². The first-order chi connectivity index (χ1) is 15.5. The van der Waals surface area contributed by atoms with E-state index in [4.69, 9.17) is 17.3 Å². The number of aryl methyl sites for hydroxylation is 1. The summed E-state index contributed by atoms with van der Waals surface area (Å²) in [6, 6.07) is 7.95. The van der Waals surface area contributed by atoms with Crippen LogP contribution in [-0.4, -0.2) is 74.2 Å². The number of aromatic amines is 1. The number of rotatable bonds is 5. The van der Waals surface area contributed by atoms with E-state index < -0.39 is 5.97 Å². The van der Waals surface area contributed by atoms with Crippen molar-refractivity contribution in [3.05, 3.63) is 51.4 Å². The van der Waals surface area contributed by atoms with Crippen molar-refractivity contribution in [3.63, 3.8) is 0 Å². The molecule has 33 heavy (non-hydrogen) atoms. The SMILES string of the molecule is CC(=NNC(=S)N1CCN(CC(=O)O)CC1)c1c(C)[nH]n(-c2ccc(C(C)(C)C)cc2)c1=O. The summed E-state index contributed by atoms with van der Waals surface area (Å²) in [4.78, 5) is 27.8. The highest BCUT2D eigenvalue weighted by Gasteiger charge is 2.21. The van der Waals surface area contributed by atoms with Gasteiger partial charge in [0.1, 0.15) is 0 Å². The van der Waals surface area contributed by atoms with Crippen LogP contribution in [0, 0.1) is 6.92 Å². The summed E-state index contributed by atoms with van der Waals surface area (Å²) in [7, 11) is 0. The third-order valence-electron chi connectivity index (χ3n) is 5.76. The average molecular weight is 473 g/mol. The molecule has 0 aliphatic carbocycles. The van der Waals surface area contributed by atoms with Gasteiger partial charge in [-0.15, -0.1) is 0 Å². The van der Waals surface area contributed by atoms with E-state index in [-0.39, 0.29) is 17.5 Å². The molecule has 2 heterocycles. The van der Waals surface area contributed by atoms with Crippen molar-refractivity contribution < 1.29 is 9.90 Å². The van der Waals surface area contributed by atoms with Gasteiger partial charge in [0.2, 0.25) is 0 Å². The van der Waals surface area contributed by atoms with Gasteiger partial charge in [-0.1, -0.05) is 32.9 Å². The van der Waals surface area contributed by atoms with Gasteiger partial charge >= 0.3 is 5.97 Å². The van der Waals surface area contributed by atoms with Crippen molar-refractivity contribution >= 4 is 29.0 Å². The van der Waals surface area contributed by atoms with E-state index in [9.17, 15) is 9.59 Å². The van der Waals surface area contributed by atoms with Gasteiger partial charge in [-0.25, -0.2) is 4.68 Å². The molecule has 0 bridgehead atoms. The number of carbonyl (C=O) groups is 1. The summed E-state index contributed by atoms with van der Waals surface area (Å²) in [6.07, 6.45) is 0. The molecule has 2 aromatic rings. The first kappa shape index (κ1) is 24.7. The summed E-state index contributed by atoms with van der Waals surface area (Å²) < 4.78 is 1.52. The Balaban J connectivity index is 1.70. The highest BCUT2D eigenvalue weighted by atomic mass is 32.1. The Labute approximate surface area is 199 Å². The van der Waals surface area contributed by atoms with E-state index in [1.807, 2.05) is 41.0 Å². The number of thiocarbonyl (C=S) groups is 1. The van der Waals surface area contributed by atoms with Crippen molar-refractivity contribution in [2.75, 3.05) is 32.7 Å². The Hall–Kier alpha value is -2.98. The van der Waals surface area contributed by atoms with Gasteiger partial charge in [0.05, 0.1) is 23.5 Å². The molecule has 0 amide bonds. The quantitative estimate of drug-likeness (QED) is 0.348. The molecule has 0 radical (unpaired) electrons. The van der Waals surface area contributed by atoms with Crippen molar-refractivity contribution in [1.29, 1.82) is 0 Å². The number of carboxylic acid groups (broad SMARTS) is 1. The second kappa shape index (κ2) is 9.88. The molecule has 0 saturated carbocycles. The summed E-state index contributed by atoms with van der Waals surface area (Å²) in [6.45, 7) is 12.6. The van der Waals surface area contributed by atoms with Gasteiger partial charge in [-0.05, 0) is 49.2 Å². The number of hydrogen-bond donors (Lipinski definition) is 3. The number of piperazine rings is 1. The lowest BCUT2D eigenvalue weighted by Crippen LogP contribution is -2.51. The number of hydrogen-bond acceptors (Lipinski definition) is 5. The first-order valence-corrected chi connectivity index (χ1v) is 11.3. The zero-order chi connectivity index (χ0) is 24.3. The topological polar surface area (TPSA) is 106 Å². The molecular weight excluding hydrogens is 440 g/mol. The molecular formula is C23H32N6O3S. The minimum Gasteiger partial charge on any atom is -0.480 e. The molecule has 3 rings (SSSR count). The van der Waals surface area contributed by atoms with Crippen molar-refractivity contribution in [1.82, 2.24) is 25.0 Å². The Kier molecular flexibility index (Phi) is 7.38. The van der Waals surface area contributed by atoms with Crippen LogP contribution in [0.25, 0.3) is 5.69 Å². The lowest BCUT2D eigenvalue weighted by Gasteiger charge is -2.34. The predicted molar refractivity (Wildman–Crippen MR) is 133 cm³/mol. The van der Waals surface area contributed by atoms with E-state index in [2.05, 4.69) is 36.4 Å². The highest BCUT2D eigenvalue weighted by molar-refractivity contribution is 7.80. The summed E-state index contributed by atoms with van der Waals surface area (Å²) >= 11 is 5.44. The lowest BCUT2D eigenvalue weighted by molar-refractivity contribution is -0.138. The first-order valence-electron chi connectivity index (χ1n) is 10.9. The normalized spacial score (nSPS) is 15.5. The molecule has 1 fully saturated rings. The fourth-order valence-electron chi connectivity index (χ4n) is 3.82. The molecule has 0 spiro atoms. The second-order valence-electron chi connectivity index (χ2n) is 9.32. The Morgan fingerprint density at radius 3 is 2.33 bits per heavy atom. The Morgan fingerprint density at radius 1 is 1.18 bits per heavy atom. The standard InChI is InChI=1S/C23H32N6O3S/c1-15(24-25-22(33)28-12-10-27(11-13-28)14-19(30)31)20-16(2)26-29(21(20)32)18-8-6-17(7-9-18)23(3,4)5/h6-9,26H,10-14H2,1-5H3,(H,25,33)(H,30,31). The molecule has 1 saturated heterocycles. The smallest absolute Gasteiger partial charge is 0.317 e. The highest BCUT2D eigenvalue weighted by Crippen LogP contribution is 2.23. The Morgan fingerprint density at radius 2 is 1.79 bits per heavy atom. The monoisotopic (exact) mass is 472 g/mol. The van der Waals surface area contributed by atoms with Crippen LogP contribution in [0.15, 0.2) is 34.2 Å². The van der Waals surface area contributed by atoms with E-state index in [1.165, 1.54) is 10.2 Å². The summed E-state index contributed by atoms with van der Waals surface area (Å²) in [5, 5.41) is 16.9. The number of carboxylic acids is 1. The number of nitrogens with zero attached hydrogens (tertiary/aromatic N) is 4. The molecule has 1 aromatic carbocycles. The number of nitrogens with one attached hydrogen (secondary N) is 2. The molecule has 178 valence electrons. The van der Waals surface area contributed by atoms with Crippen LogP contribution in [0.4, 0.5) is 0 Å². The molecule has 0 unspecified atom stereocenters. The molecule has 0 atom stereocenters. The van der Waals surface area contributed by atoms with E-state index >= 15 is 0 Å². The van der Waals surface area contributed by atoms with Crippen LogP contribution in [0.5, 0.6) is 0 Å². The van der Waals surface area contributed by atoms with Gasteiger partial charge in [0.15, 0.2) is 5.11 Å². The maximum absolute atomic E-state index is 13.1. The summed E-state index contributed by atoms with van der Waals surface area (Å²) in [5.41, 5.74) is 6.45. The lowest BCUT2D eigenvalue weighted by atomic mass is 9.87. The van der Waals surface area contributed by atoms with Gasteiger partial charge in [0.25, 0.3) is 5.56 Å². The maximum atomic E-state index is 13.1. The van der Waals surface area contributed by atoms with Crippen LogP contribution < -0.4 is 11.0 Å². The zero-order valence-corrected chi connectivity index (χ0v) is 20.6. The molecule has 1 aliphatic heterocycles. The minimum absolute atomic E-state index is 0.0310. The number of aliphatic carboxylic acids is 1. The number of hydrazone groups is 1. The largest absolute Gasteiger partial charge is 0.480 e. The van der Waals surface area contributed by atoms with E-state index in [0.29, 0.717) is 42.6 Å². The minimum atomic E-state index is -0.831. The Bertz CT molecular complexity index is 1100. The van der Waals surface area contributed by atoms with Crippen molar-refractivity contribution in [3.8, 4) is 5.69 Å². The van der Waals surface area contributed by atoms with Gasteiger partial charge in [-0.3, -0.25) is 25.0 Å². The van der Waals surface area contributed by atoms with E-state index in [1.54, 1.807) is 6.92 Å². The van der Waals surface area contributed by atoms with Crippen molar-refractivity contribution in [2.45, 2.75) is 40.0 Å². The molecule has 1 aromatic heterocycles. The molecule has 3 N–H and O–H groups in total. The number of H-pyrrole nitrogens is 1. The van der Waals surface area contributed by atoms with Crippen LogP contribution in [0.2, 0.25) is 0 Å². The van der Waals surface area contributed by atoms with E-state index in [0.717, 1.165) is 11.4 Å². The molecule has 10 heteroatoms. The van der Waals surface area contributed by atoms with Gasteiger partial charge in [-0.2, -0.15) is 5.10 Å². The predicted octanol–water partition coefficient (Wildman–Crippen LogP) is 2.07. The van der Waals surface area contributed by atoms with Crippen LogP contribution in [0.3, 0.4) is 0 Å². The fourth-order valence-corrected chi connectivity index (χ4v) is 4.05. The maximum Gasteiger partial charge on any atom is 0.317 e. The fraction of sp³-hybridized carbons (Fsp3) is 0.478. The second-order valence-corrected chi connectivity index (χ2v) is 9.71. The third kappa shape index (κ3) is 5.88. The summed E-state index contributed by atoms with van der Waals surface area (Å²) in [5.74, 6) is -0.831. The molecule has 9 nitrogen and oxygen atoms in total. The third-order valence-corrected chi connectivity index (χ3v) is 6.11. The zero-order valence-electron chi connectivity index (χ0n) is 19.8. The van der Waals surface area contributed by atoms with Crippen LogP contribution in [-0.2, 0) is 10.2 Å². The van der Waals surface area contributed by atoms with Gasteiger partial charge < -0.3 is 10.0 Å². The van der Waals surface area contributed by atoms with Crippen LogP contribution >= 0.6 is 12.2 Å². The van der Waals surface area contributed by atoms with Crippen molar-refractivity contribution in [2.24, 2.45) is 5.10 Å². The molecule has 1 aliphatic rings. The number of benzene rings is 1.